The molecule has 1 amide bonds. The van der Waals surface area contributed by atoms with Crippen molar-refractivity contribution in [3.05, 3.63) is 41.3 Å². The van der Waals surface area contributed by atoms with E-state index in [0.29, 0.717) is 24.2 Å². The SMILES string of the molecule is CC1CCCc2nc(S(=O)(=O)N3CCCc4cc(C(N)=O)ccc43)cn21. The number of fused-ring (bicyclic) bond motifs is 2. The second-order valence-electron chi connectivity index (χ2n) is 7.03. The molecule has 8 heteroatoms. The maximum absolute atomic E-state index is 13.3. The van der Waals surface area contributed by atoms with Crippen LogP contribution in [0.4, 0.5) is 5.69 Å². The van der Waals surface area contributed by atoms with E-state index < -0.39 is 15.9 Å². The summed E-state index contributed by atoms with van der Waals surface area (Å²) in [6.07, 6.45) is 5.95. The second kappa shape index (κ2) is 6.12. The van der Waals surface area contributed by atoms with E-state index in [1.807, 2.05) is 4.57 Å². The van der Waals surface area contributed by atoms with Crippen molar-refractivity contribution in [1.82, 2.24) is 9.55 Å². The zero-order valence-corrected chi connectivity index (χ0v) is 15.5. The van der Waals surface area contributed by atoms with E-state index in [2.05, 4.69) is 11.9 Å². The molecule has 0 aliphatic carbocycles. The molecule has 1 unspecified atom stereocenters. The van der Waals surface area contributed by atoms with Crippen molar-refractivity contribution in [2.45, 2.75) is 50.1 Å². The van der Waals surface area contributed by atoms with Crippen molar-refractivity contribution in [2.24, 2.45) is 5.73 Å². The molecule has 3 heterocycles. The molecular formula is C18H22N4O3S. The van der Waals surface area contributed by atoms with E-state index in [1.54, 1.807) is 24.4 Å². The average Bonchev–Trinajstić information content (AvgIpc) is 3.07. The summed E-state index contributed by atoms with van der Waals surface area (Å²) in [4.78, 5) is 15.8. The summed E-state index contributed by atoms with van der Waals surface area (Å²) >= 11 is 0. The van der Waals surface area contributed by atoms with Crippen LogP contribution >= 0.6 is 0 Å². The van der Waals surface area contributed by atoms with Gasteiger partial charge in [0.15, 0.2) is 5.03 Å². The lowest BCUT2D eigenvalue weighted by Crippen LogP contribution is -2.36. The van der Waals surface area contributed by atoms with E-state index in [0.717, 1.165) is 37.1 Å². The average molecular weight is 374 g/mol. The standard InChI is InChI=1S/C18H22N4O3S/c1-12-4-2-6-16-20-17(11-21(12)16)26(24,25)22-9-3-5-13-10-14(18(19)23)7-8-15(13)22/h7-8,10-12H,2-6,9H2,1H3,(H2,19,23). The van der Waals surface area contributed by atoms with Gasteiger partial charge in [0.2, 0.25) is 5.91 Å². The van der Waals surface area contributed by atoms with Crippen molar-refractivity contribution in [3.63, 3.8) is 0 Å². The zero-order chi connectivity index (χ0) is 18.5. The Bertz CT molecular complexity index is 980. The number of benzene rings is 1. The number of hydrogen-bond acceptors (Lipinski definition) is 4. The molecule has 0 saturated carbocycles. The minimum absolute atomic E-state index is 0.105. The van der Waals surface area contributed by atoms with Gasteiger partial charge in [-0.1, -0.05) is 0 Å². The van der Waals surface area contributed by atoms with Crippen LogP contribution in [0, 0.1) is 0 Å². The Morgan fingerprint density at radius 2 is 2.08 bits per heavy atom. The third-order valence-electron chi connectivity index (χ3n) is 5.28. The maximum Gasteiger partial charge on any atom is 0.283 e. The van der Waals surface area contributed by atoms with E-state index in [4.69, 9.17) is 5.73 Å². The van der Waals surface area contributed by atoms with Gasteiger partial charge < -0.3 is 10.3 Å². The molecule has 7 nitrogen and oxygen atoms in total. The van der Waals surface area contributed by atoms with Gasteiger partial charge in [0.05, 0.1) is 5.69 Å². The lowest BCUT2D eigenvalue weighted by molar-refractivity contribution is 0.1000. The molecule has 1 atom stereocenters. The summed E-state index contributed by atoms with van der Waals surface area (Å²) in [5, 5.41) is 0.105. The van der Waals surface area contributed by atoms with Crippen LogP contribution in [0.25, 0.3) is 0 Å². The number of amides is 1. The molecule has 0 radical (unpaired) electrons. The summed E-state index contributed by atoms with van der Waals surface area (Å²) in [5.74, 6) is 0.326. The zero-order valence-electron chi connectivity index (χ0n) is 14.7. The number of sulfonamides is 1. The Hall–Kier alpha value is -2.35. The lowest BCUT2D eigenvalue weighted by Gasteiger charge is -2.30. The highest BCUT2D eigenvalue weighted by atomic mass is 32.2. The molecule has 1 aromatic carbocycles. The van der Waals surface area contributed by atoms with Crippen LogP contribution in [0.2, 0.25) is 0 Å². The Morgan fingerprint density at radius 3 is 2.81 bits per heavy atom. The molecule has 1 aromatic heterocycles. The fourth-order valence-electron chi connectivity index (χ4n) is 3.87. The summed E-state index contributed by atoms with van der Waals surface area (Å²) < 4.78 is 29.9. The monoisotopic (exact) mass is 374 g/mol. The predicted octanol–water partition coefficient (Wildman–Crippen LogP) is 2.02. The Labute approximate surface area is 152 Å². The van der Waals surface area contributed by atoms with E-state index in [9.17, 15) is 13.2 Å². The van der Waals surface area contributed by atoms with Gasteiger partial charge in [-0.15, -0.1) is 0 Å². The fourth-order valence-corrected chi connectivity index (χ4v) is 5.37. The van der Waals surface area contributed by atoms with Gasteiger partial charge in [-0.25, -0.2) is 4.98 Å². The predicted molar refractivity (Wildman–Crippen MR) is 97.7 cm³/mol. The number of nitrogens with two attached hydrogens (primary N) is 1. The summed E-state index contributed by atoms with van der Waals surface area (Å²) in [6, 6.07) is 5.21. The van der Waals surface area contributed by atoms with Gasteiger partial charge in [-0.05, 0) is 56.4 Å². The molecule has 2 aliphatic heterocycles. The number of aromatic nitrogens is 2. The van der Waals surface area contributed by atoms with Gasteiger partial charge in [0, 0.05) is 30.8 Å². The quantitative estimate of drug-likeness (QED) is 0.888. The molecule has 0 spiro atoms. The highest BCUT2D eigenvalue weighted by Crippen LogP contribution is 2.33. The maximum atomic E-state index is 13.3. The highest BCUT2D eigenvalue weighted by Gasteiger charge is 2.33. The van der Waals surface area contributed by atoms with Crippen LogP contribution in [-0.4, -0.2) is 30.4 Å². The van der Waals surface area contributed by atoms with Crippen LogP contribution in [0.1, 0.15) is 54.0 Å². The van der Waals surface area contributed by atoms with Crippen LogP contribution in [0.3, 0.4) is 0 Å². The van der Waals surface area contributed by atoms with Crippen molar-refractivity contribution in [2.75, 3.05) is 10.8 Å². The van der Waals surface area contributed by atoms with Crippen molar-refractivity contribution in [3.8, 4) is 0 Å². The first-order chi connectivity index (χ1) is 12.4. The molecule has 0 bridgehead atoms. The van der Waals surface area contributed by atoms with Gasteiger partial charge in [0.25, 0.3) is 10.0 Å². The number of hydrogen-bond donors (Lipinski definition) is 1. The van der Waals surface area contributed by atoms with Crippen LogP contribution in [-0.2, 0) is 22.9 Å². The number of carbonyl (C=O) groups excluding carboxylic acids is 1. The molecule has 0 fully saturated rings. The Kier molecular flexibility index (Phi) is 4.02. The Morgan fingerprint density at radius 1 is 1.27 bits per heavy atom. The summed E-state index contributed by atoms with van der Waals surface area (Å²) in [7, 11) is -3.74. The molecule has 2 aromatic rings. The molecular weight excluding hydrogens is 352 g/mol. The van der Waals surface area contributed by atoms with Gasteiger partial charge >= 0.3 is 0 Å². The topological polar surface area (TPSA) is 98.3 Å². The molecule has 2 N–H and O–H groups in total. The Balaban J connectivity index is 1.75. The van der Waals surface area contributed by atoms with Crippen molar-refractivity contribution in [1.29, 1.82) is 0 Å². The third-order valence-corrected chi connectivity index (χ3v) is 6.96. The first-order valence-electron chi connectivity index (χ1n) is 8.91. The van der Waals surface area contributed by atoms with Crippen LogP contribution in [0.5, 0.6) is 0 Å². The normalized spacial score (nSPS) is 19.7. The van der Waals surface area contributed by atoms with Crippen LogP contribution < -0.4 is 10.0 Å². The smallest absolute Gasteiger partial charge is 0.283 e. The number of carbonyl (C=O) groups is 1. The molecule has 2 aliphatic rings. The third kappa shape index (κ3) is 2.68. The van der Waals surface area contributed by atoms with Crippen LogP contribution in [0.15, 0.2) is 29.4 Å². The summed E-state index contributed by atoms with van der Waals surface area (Å²) in [6.45, 7) is 2.49. The first kappa shape index (κ1) is 17.1. The summed E-state index contributed by atoms with van der Waals surface area (Å²) in [5.41, 5.74) is 7.18. The second-order valence-corrected chi connectivity index (χ2v) is 8.84. The number of imidazole rings is 1. The first-order valence-corrected chi connectivity index (χ1v) is 10.3. The largest absolute Gasteiger partial charge is 0.366 e. The number of rotatable bonds is 3. The lowest BCUT2D eigenvalue weighted by atomic mass is 10.0. The van der Waals surface area contributed by atoms with Gasteiger partial charge in [-0.3, -0.25) is 9.10 Å². The van der Waals surface area contributed by atoms with E-state index in [1.165, 1.54) is 4.31 Å². The number of nitrogens with zero attached hydrogens (tertiary/aromatic N) is 3. The molecule has 0 saturated heterocycles. The van der Waals surface area contributed by atoms with E-state index in [-0.39, 0.29) is 11.1 Å². The number of aryl methyl sites for hydroxylation is 2. The molecule has 4 rings (SSSR count). The molecule has 138 valence electrons. The fraction of sp³-hybridized carbons (Fsp3) is 0.444. The minimum atomic E-state index is -3.74. The van der Waals surface area contributed by atoms with Crippen molar-refractivity contribution >= 4 is 21.6 Å². The highest BCUT2D eigenvalue weighted by molar-refractivity contribution is 7.92. The number of primary amides is 1. The minimum Gasteiger partial charge on any atom is -0.366 e. The van der Waals surface area contributed by atoms with E-state index >= 15 is 0 Å². The van der Waals surface area contributed by atoms with Gasteiger partial charge in [-0.2, -0.15) is 8.42 Å². The molecule has 26 heavy (non-hydrogen) atoms. The number of anilines is 1. The van der Waals surface area contributed by atoms with Crippen molar-refractivity contribution < 1.29 is 13.2 Å². The van der Waals surface area contributed by atoms with Gasteiger partial charge in [0.1, 0.15) is 5.82 Å².